The van der Waals surface area contributed by atoms with Crippen molar-refractivity contribution in [3.8, 4) is 0 Å². The number of fused-ring (bicyclic) bond motifs is 2. The van der Waals surface area contributed by atoms with Crippen molar-refractivity contribution in [3.63, 3.8) is 0 Å². The highest BCUT2D eigenvalue weighted by molar-refractivity contribution is 8.28. The summed E-state index contributed by atoms with van der Waals surface area (Å²) in [5.74, 6) is 0. The predicted octanol–water partition coefficient (Wildman–Crippen LogP) is 2.03. The van der Waals surface area contributed by atoms with E-state index >= 15 is 0 Å². The van der Waals surface area contributed by atoms with Gasteiger partial charge in [0.05, 0.1) is 19.7 Å². The lowest BCUT2D eigenvalue weighted by atomic mass is 10.4. The van der Waals surface area contributed by atoms with E-state index in [1.165, 1.54) is 0 Å². The topological polar surface area (TPSA) is 9.23 Å². The minimum Gasteiger partial charge on any atom is -0.351 e. The molecular weight excluding hydrogens is 216 g/mol. The van der Waals surface area contributed by atoms with Crippen molar-refractivity contribution >= 4 is 47.0 Å². The van der Waals surface area contributed by atoms with Crippen LogP contribution in [0, 0.1) is 0 Å². The van der Waals surface area contributed by atoms with E-state index < -0.39 is 0 Å². The molecule has 0 radical (unpaired) electrons. The average molecular weight is 222 g/mol. The molecule has 4 rings (SSSR count). The Morgan fingerprint density at radius 3 is 1.55 bits per heavy atom. The van der Waals surface area contributed by atoms with Crippen LogP contribution in [0.3, 0.4) is 0 Å². The Kier molecular flexibility index (Phi) is 1.26. The van der Waals surface area contributed by atoms with Gasteiger partial charge in [0.2, 0.25) is 0 Å². The molecule has 6 atom stereocenters. The molecule has 60 valence electrons. The Morgan fingerprint density at radius 1 is 0.727 bits per heavy atom. The maximum Gasteiger partial charge on any atom is 0.119 e. The molecule has 0 aromatic carbocycles. The van der Waals surface area contributed by atoms with Gasteiger partial charge in [0, 0.05) is 0 Å². The van der Waals surface area contributed by atoms with Crippen LogP contribution in [-0.4, -0.2) is 30.5 Å². The second-order valence-corrected chi connectivity index (χ2v) is 8.82. The largest absolute Gasteiger partial charge is 0.351 e. The number of rotatable bonds is 2. The van der Waals surface area contributed by atoms with Crippen LogP contribution in [0.5, 0.6) is 0 Å². The van der Waals surface area contributed by atoms with Gasteiger partial charge in [0.1, 0.15) is 10.9 Å². The van der Waals surface area contributed by atoms with Gasteiger partial charge >= 0.3 is 0 Å². The number of thioether (sulfide) groups is 4. The smallest absolute Gasteiger partial charge is 0.119 e. The lowest BCUT2D eigenvalue weighted by Gasteiger charge is -2.30. The standard InChI is InChI=1S/C6H6OS4/c7(3-1-5(8-1)10-3)4-2-6(9-2)11-4/h1-6H. The SMILES string of the molecule is O(C1SC2SC12)C1SC2SC12. The highest BCUT2D eigenvalue weighted by atomic mass is 32.2. The molecule has 4 saturated heterocycles. The fourth-order valence-corrected chi connectivity index (χ4v) is 7.46. The van der Waals surface area contributed by atoms with Gasteiger partial charge in [-0.1, -0.05) is 0 Å². The van der Waals surface area contributed by atoms with Crippen molar-refractivity contribution in [2.45, 2.75) is 30.5 Å². The molecular formula is C6H6OS4. The third-order valence-electron chi connectivity index (χ3n) is 2.31. The molecule has 0 N–H and O–H groups in total. The van der Waals surface area contributed by atoms with Crippen LogP contribution in [0.15, 0.2) is 0 Å². The van der Waals surface area contributed by atoms with E-state index in [0.717, 1.165) is 19.7 Å². The third kappa shape index (κ3) is 0.894. The molecule has 1 nitrogen and oxygen atoms in total. The van der Waals surface area contributed by atoms with Gasteiger partial charge < -0.3 is 4.74 Å². The first kappa shape index (κ1) is 6.76. The highest BCUT2D eigenvalue weighted by Crippen LogP contribution is 2.69. The van der Waals surface area contributed by atoms with Gasteiger partial charge in [0.15, 0.2) is 0 Å². The number of hydrogen-bond donors (Lipinski definition) is 0. The van der Waals surface area contributed by atoms with Crippen LogP contribution in [0.2, 0.25) is 0 Å². The van der Waals surface area contributed by atoms with E-state index in [2.05, 4.69) is 23.5 Å². The summed E-state index contributed by atoms with van der Waals surface area (Å²) in [5, 5.41) is 1.76. The van der Waals surface area contributed by atoms with E-state index in [9.17, 15) is 0 Å². The molecule has 4 aliphatic rings. The Hall–Kier alpha value is 1.36. The van der Waals surface area contributed by atoms with Crippen LogP contribution in [-0.2, 0) is 4.74 Å². The zero-order valence-electron chi connectivity index (χ0n) is 5.51. The molecule has 0 aromatic rings. The second kappa shape index (κ2) is 2.05. The summed E-state index contributed by atoms with van der Waals surface area (Å²) in [6.45, 7) is 0. The molecule has 6 unspecified atom stereocenters. The normalized spacial score (nSPS) is 68.7. The van der Waals surface area contributed by atoms with Crippen molar-refractivity contribution in [3.05, 3.63) is 0 Å². The molecule has 4 heterocycles. The van der Waals surface area contributed by atoms with Crippen LogP contribution in [0.4, 0.5) is 0 Å². The zero-order valence-corrected chi connectivity index (χ0v) is 8.77. The number of hydrogen-bond acceptors (Lipinski definition) is 5. The summed E-state index contributed by atoms with van der Waals surface area (Å²) in [6, 6.07) is 0. The van der Waals surface area contributed by atoms with Crippen molar-refractivity contribution in [1.82, 2.24) is 0 Å². The minimum absolute atomic E-state index is 0.560. The van der Waals surface area contributed by atoms with Crippen molar-refractivity contribution in [1.29, 1.82) is 0 Å². The van der Waals surface area contributed by atoms with Crippen LogP contribution >= 0.6 is 47.0 Å². The Morgan fingerprint density at radius 2 is 1.27 bits per heavy atom. The molecule has 0 aromatic heterocycles. The summed E-state index contributed by atoms with van der Waals surface area (Å²) in [5.41, 5.74) is 1.12. The van der Waals surface area contributed by atoms with Gasteiger partial charge in [-0.05, 0) is 0 Å². The summed E-state index contributed by atoms with van der Waals surface area (Å²) in [7, 11) is 0. The van der Waals surface area contributed by atoms with Crippen LogP contribution < -0.4 is 0 Å². The lowest BCUT2D eigenvalue weighted by Crippen LogP contribution is -2.36. The Labute approximate surface area is 82.1 Å². The predicted molar refractivity (Wildman–Crippen MR) is 54.2 cm³/mol. The van der Waals surface area contributed by atoms with E-state index in [1.54, 1.807) is 0 Å². The number of ether oxygens (including phenoxy) is 1. The molecule has 0 saturated carbocycles. The fourth-order valence-electron chi connectivity index (χ4n) is 1.41. The second-order valence-electron chi connectivity index (χ2n) is 3.08. The monoisotopic (exact) mass is 222 g/mol. The van der Waals surface area contributed by atoms with Crippen LogP contribution in [0.1, 0.15) is 0 Å². The summed E-state index contributed by atoms with van der Waals surface area (Å²) >= 11 is 8.20. The quantitative estimate of drug-likeness (QED) is 0.659. The van der Waals surface area contributed by atoms with Gasteiger partial charge in [-0.25, -0.2) is 0 Å². The van der Waals surface area contributed by atoms with Gasteiger partial charge in [-0.3, -0.25) is 0 Å². The van der Waals surface area contributed by atoms with Crippen molar-refractivity contribution < 1.29 is 4.74 Å². The van der Waals surface area contributed by atoms with E-state index in [0.29, 0.717) is 10.9 Å². The van der Waals surface area contributed by atoms with E-state index in [4.69, 9.17) is 4.74 Å². The molecule has 11 heavy (non-hydrogen) atoms. The minimum atomic E-state index is 0.560. The summed E-state index contributed by atoms with van der Waals surface area (Å²) in [4.78, 5) is 0. The molecule has 0 bridgehead atoms. The van der Waals surface area contributed by atoms with E-state index in [-0.39, 0.29) is 0 Å². The zero-order chi connectivity index (χ0) is 7.00. The molecule has 5 heteroatoms. The first-order valence-electron chi connectivity index (χ1n) is 3.69. The van der Waals surface area contributed by atoms with Crippen molar-refractivity contribution in [2.24, 2.45) is 0 Å². The molecule has 0 aliphatic carbocycles. The highest BCUT2D eigenvalue weighted by Gasteiger charge is 2.63. The maximum atomic E-state index is 5.91. The van der Waals surface area contributed by atoms with Gasteiger partial charge in [0.25, 0.3) is 0 Å². The first-order chi connectivity index (χ1) is 5.42. The molecule has 0 spiro atoms. The van der Waals surface area contributed by atoms with Gasteiger partial charge in [-0.15, -0.1) is 47.0 Å². The summed E-state index contributed by atoms with van der Waals surface area (Å²) in [6.07, 6.45) is 0. The molecule has 4 aliphatic heterocycles. The average Bonchev–Trinajstić information content (AvgIpc) is 2.75. The first-order valence-corrected chi connectivity index (χ1v) is 7.46. The third-order valence-corrected chi connectivity index (χ3v) is 8.96. The molecule has 0 amide bonds. The van der Waals surface area contributed by atoms with Gasteiger partial charge in [-0.2, -0.15) is 0 Å². The van der Waals surface area contributed by atoms with E-state index in [1.807, 2.05) is 23.5 Å². The Bertz CT molecular complexity index is 201. The summed E-state index contributed by atoms with van der Waals surface area (Å²) < 4.78 is 7.76. The fraction of sp³-hybridized carbons (Fsp3) is 1.00. The maximum absolute atomic E-state index is 5.91. The van der Waals surface area contributed by atoms with Crippen molar-refractivity contribution in [2.75, 3.05) is 0 Å². The van der Waals surface area contributed by atoms with Crippen LogP contribution in [0.25, 0.3) is 0 Å². The lowest BCUT2D eigenvalue weighted by molar-refractivity contribution is 0.0873. The molecule has 4 fully saturated rings. The Balaban J connectivity index is 1.39.